The molecule has 0 aromatic heterocycles. The molecule has 0 bridgehead atoms. The molecular formula is C13H15F5N2O2. The number of nitrogens with one attached hydrogen (secondary N) is 2. The number of alkyl halides is 3. The van der Waals surface area contributed by atoms with E-state index >= 15 is 0 Å². The summed E-state index contributed by atoms with van der Waals surface area (Å²) in [5.74, 6) is -2.82. The van der Waals surface area contributed by atoms with Crippen LogP contribution < -0.4 is 10.6 Å². The fourth-order valence-electron chi connectivity index (χ4n) is 1.77. The van der Waals surface area contributed by atoms with Crippen molar-refractivity contribution in [2.24, 2.45) is 0 Å². The minimum atomic E-state index is -5.08. The van der Waals surface area contributed by atoms with Gasteiger partial charge in [0.05, 0.1) is 5.56 Å². The van der Waals surface area contributed by atoms with Gasteiger partial charge in [-0.05, 0) is 25.5 Å². The third-order valence-corrected chi connectivity index (χ3v) is 2.83. The highest BCUT2D eigenvalue weighted by molar-refractivity contribution is 5.74. The van der Waals surface area contributed by atoms with Crippen LogP contribution in [0.2, 0.25) is 0 Å². The van der Waals surface area contributed by atoms with Gasteiger partial charge in [-0.15, -0.1) is 0 Å². The monoisotopic (exact) mass is 326 g/mol. The number of hydrogen-bond acceptors (Lipinski definition) is 2. The molecule has 1 rings (SSSR count). The van der Waals surface area contributed by atoms with E-state index in [9.17, 15) is 26.7 Å². The van der Waals surface area contributed by atoms with Crippen molar-refractivity contribution in [1.82, 2.24) is 10.6 Å². The molecule has 0 unspecified atom stereocenters. The minimum Gasteiger partial charge on any atom is -0.396 e. The van der Waals surface area contributed by atoms with Crippen LogP contribution in [-0.4, -0.2) is 30.0 Å². The Balaban J connectivity index is 2.99. The summed E-state index contributed by atoms with van der Waals surface area (Å²) in [6.45, 7) is 1.19. The Morgan fingerprint density at radius 3 is 2.23 bits per heavy atom. The van der Waals surface area contributed by atoms with Gasteiger partial charge in [0.15, 0.2) is 6.04 Å². The van der Waals surface area contributed by atoms with Crippen molar-refractivity contribution in [2.75, 3.05) is 6.61 Å². The van der Waals surface area contributed by atoms with E-state index in [0.29, 0.717) is 12.1 Å². The second-order valence-corrected chi connectivity index (χ2v) is 4.64. The number of amides is 2. The van der Waals surface area contributed by atoms with Crippen molar-refractivity contribution >= 4 is 6.03 Å². The summed E-state index contributed by atoms with van der Waals surface area (Å²) in [5, 5.41) is 12.3. The zero-order valence-electron chi connectivity index (χ0n) is 11.5. The standard InChI is InChI=1S/C13H15F5N2O2/c1-7(5-6-21)19-12(22)20-11(13(16,17)18)10-8(14)3-2-4-9(10)15/h2-4,7,11,21H,5-6H2,1H3,(H2,19,20,22)/t7-,11+/m0/s1. The van der Waals surface area contributed by atoms with E-state index < -0.39 is 41.5 Å². The lowest BCUT2D eigenvalue weighted by Crippen LogP contribution is -2.47. The highest BCUT2D eigenvalue weighted by atomic mass is 19.4. The van der Waals surface area contributed by atoms with Gasteiger partial charge >= 0.3 is 12.2 Å². The Labute approximate surface area is 123 Å². The normalized spacial score (nSPS) is 14.3. The molecule has 2 amide bonds. The summed E-state index contributed by atoms with van der Waals surface area (Å²) in [6.07, 6.45) is -4.96. The van der Waals surface area contributed by atoms with Crippen LogP contribution in [0.5, 0.6) is 0 Å². The summed E-state index contributed by atoms with van der Waals surface area (Å²) in [7, 11) is 0. The molecule has 0 heterocycles. The number of aliphatic hydroxyl groups excluding tert-OH is 1. The lowest BCUT2D eigenvalue weighted by Gasteiger charge is -2.24. The van der Waals surface area contributed by atoms with Crippen LogP contribution in [0.3, 0.4) is 0 Å². The SMILES string of the molecule is C[C@@H](CCO)NC(=O)N[C@H](c1c(F)cccc1F)C(F)(F)F. The van der Waals surface area contributed by atoms with Gasteiger partial charge in [-0.1, -0.05) is 6.07 Å². The fraction of sp³-hybridized carbons (Fsp3) is 0.462. The van der Waals surface area contributed by atoms with Crippen LogP contribution in [0.1, 0.15) is 24.9 Å². The molecule has 0 saturated heterocycles. The summed E-state index contributed by atoms with van der Waals surface area (Å²) in [5.41, 5.74) is -1.28. The topological polar surface area (TPSA) is 61.4 Å². The van der Waals surface area contributed by atoms with E-state index in [4.69, 9.17) is 5.11 Å². The van der Waals surface area contributed by atoms with Gasteiger partial charge < -0.3 is 15.7 Å². The maximum absolute atomic E-state index is 13.5. The van der Waals surface area contributed by atoms with E-state index in [1.54, 1.807) is 0 Å². The first kappa shape index (κ1) is 18.1. The molecule has 1 aromatic rings. The average molecular weight is 326 g/mol. The van der Waals surface area contributed by atoms with Gasteiger partial charge in [0, 0.05) is 12.6 Å². The van der Waals surface area contributed by atoms with Crippen LogP contribution >= 0.6 is 0 Å². The molecule has 1 aromatic carbocycles. The third-order valence-electron chi connectivity index (χ3n) is 2.83. The first-order valence-corrected chi connectivity index (χ1v) is 6.35. The van der Waals surface area contributed by atoms with E-state index in [-0.39, 0.29) is 13.0 Å². The zero-order valence-corrected chi connectivity index (χ0v) is 11.5. The molecule has 4 nitrogen and oxygen atoms in total. The van der Waals surface area contributed by atoms with Crippen molar-refractivity contribution in [3.8, 4) is 0 Å². The molecule has 2 atom stereocenters. The summed E-state index contributed by atoms with van der Waals surface area (Å²) in [6, 6.07) is -2.41. The number of rotatable bonds is 5. The number of halogens is 5. The van der Waals surface area contributed by atoms with Crippen molar-refractivity contribution in [1.29, 1.82) is 0 Å². The van der Waals surface area contributed by atoms with E-state index in [2.05, 4.69) is 5.32 Å². The maximum atomic E-state index is 13.5. The van der Waals surface area contributed by atoms with Crippen LogP contribution in [-0.2, 0) is 0 Å². The first-order valence-electron chi connectivity index (χ1n) is 6.35. The Bertz CT molecular complexity index is 501. The molecule has 0 saturated carbocycles. The van der Waals surface area contributed by atoms with E-state index in [1.807, 2.05) is 0 Å². The Kier molecular flexibility index (Phi) is 6.10. The van der Waals surface area contributed by atoms with E-state index in [1.165, 1.54) is 12.2 Å². The summed E-state index contributed by atoms with van der Waals surface area (Å²) in [4.78, 5) is 11.5. The largest absolute Gasteiger partial charge is 0.413 e. The quantitative estimate of drug-likeness (QED) is 0.729. The number of aliphatic hydroxyl groups is 1. The second-order valence-electron chi connectivity index (χ2n) is 4.64. The molecule has 0 radical (unpaired) electrons. The van der Waals surface area contributed by atoms with Crippen molar-refractivity contribution in [2.45, 2.75) is 31.6 Å². The molecule has 0 aliphatic rings. The van der Waals surface area contributed by atoms with Crippen molar-refractivity contribution < 1.29 is 31.9 Å². The molecule has 0 spiro atoms. The van der Waals surface area contributed by atoms with Crippen LogP contribution in [0.15, 0.2) is 18.2 Å². The molecule has 124 valence electrons. The van der Waals surface area contributed by atoms with Gasteiger partial charge in [-0.2, -0.15) is 13.2 Å². The van der Waals surface area contributed by atoms with Crippen LogP contribution in [0.25, 0.3) is 0 Å². The van der Waals surface area contributed by atoms with Gasteiger partial charge in [0.2, 0.25) is 0 Å². The predicted octanol–water partition coefficient (Wildman–Crippen LogP) is 2.64. The van der Waals surface area contributed by atoms with Gasteiger partial charge in [-0.3, -0.25) is 0 Å². The van der Waals surface area contributed by atoms with Gasteiger partial charge in [0.1, 0.15) is 11.6 Å². The zero-order chi connectivity index (χ0) is 16.9. The lowest BCUT2D eigenvalue weighted by atomic mass is 10.1. The predicted molar refractivity (Wildman–Crippen MR) is 68.0 cm³/mol. The highest BCUT2D eigenvalue weighted by Gasteiger charge is 2.44. The summed E-state index contributed by atoms with van der Waals surface area (Å²) < 4.78 is 66.0. The van der Waals surface area contributed by atoms with Gasteiger partial charge in [-0.25, -0.2) is 13.6 Å². The van der Waals surface area contributed by atoms with Crippen LogP contribution in [0, 0.1) is 11.6 Å². The van der Waals surface area contributed by atoms with Crippen molar-refractivity contribution in [3.05, 3.63) is 35.4 Å². The average Bonchev–Trinajstić information content (AvgIpc) is 2.36. The van der Waals surface area contributed by atoms with E-state index in [0.717, 1.165) is 6.07 Å². The number of carbonyl (C=O) groups is 1. The molecule has 0 aliphatic carbocycles. The number of hydrogen-bond donors (Lipinski definition) is 3. The third kappa shape index (κ3) is 4.83. The highest BCUT2D eigenvalue weighted by Crippen LogP contribution is 2.35. The summed E-state index contributed by atoms with van der Waals surface area (Å²) >= 11 is 0. The molecule has 0 fully saturated rings. The lowest BCUT2D eigenvalue weighted by molar-refractivity contribution is -0.156. The Hall–Kier alpha value is -1.90. The fourth-order valence-corrected chi connectivity index (χ4v) is 1.77. The molecular weight excluding hydrogens is 311 g/mol. The Morgan fingerprint density at radius 1 is 1.23 bits per heavy atom. The number of carbonyl (C=O) groups excluding carboxylic acids is 1. The first-order chi connectivity index (χ1) is 10.2. The maximum Gasteiger partial charge on any atom is 0.413 e. The molecule has 22 heavy (non-hydrogen) atoms. The minimum absolute atomic E-state index is 0.123. The molecule has 3 N–H and O–H groups in total. The van der Waals surface area contributed by atoms with Crippen molar-refractivity contribution in [3.63, 3.8) is 0 Å². The number of benzene rings is 1. The molecule has 0 aliphatic heterocycles. The Morgan fingerprint density at radius 2 is 1.77 bits per heavy atom. The molecule has 9 heteroatoms. The second kappa shape index (κ2) is 7.39. The number of urea groups is 1. The van der Waals surface area contributed by atoms with Crippen LogP contribution in [0.4, 0.5) is 26.7 Å². The van der Waals surface area contributed by atoms with Gasteiger partial charge in [0.25, 0.3) is 0 Å². The smallest absolute Gasteiger partial charge is 0.396 e.